The predicted molar refractivity (Wildman–Crippen MR) is 42.2 cm³/mol. The third kappa shape index (κ3) is 0.946. The molecule has 0 radical (unpaired) electrons. The Balaban J connectivity index is 2.33. The van der Waals surface area contributed by atoms with Crippen molar-refractivity contribution in [3.63, 3.8) is 0 Å². The molecule has 1 heterocycles. The van der Waals surface area contributed by atoms with E-state index in [0.29, 0.717) is 5.75 Å². The second-order valence-corrected chi connectivity index (χ2v) is 2.75. The highest BCUT2D eigenvalue weighted by molar-refractivity contribution is 5.66. The molecule has 0 atom stereocenters. The summed E-state index contributed by atoms with van der Waals surface area (Å²) in [4.78, 5) is 0. The molecule has 0 aromatic heterocycles. The Morgan fingerprint density at radius 3 is 2.91 bits per heavy atom. The van der Waals surface area contributed by atoms with E-state index in [-0.39, 0.29) is 5.75 Å². The van der Waals surface area contributed by atoms with Crippen molar-refractivity contribution in [1.29, 1.82) is 0 Å². The van der Waals surface area contributed by atoms with Gasteiger partial charge >= 0.3 is 0 Å². The fourth-order valence-corrected chi connectivity index (χ4v) is 1.25. The SMILES string of the molecule is CCCc1ccc(O)c2c1O2. The van der Waals surface area contributed by atoms with Gasteiger partial charge in [-0.05, 0) is 18.1 Å². The Hall–Kier alpha value is -1.18. The van der Waals surface area contributed by atoms with Gasteiger partial charge in [0.1, 0.15) is 0 Å². The van der Waals surface area contributed by atoms with E-state index < -0.39 is 0 Å². The lowest BCUT2D eigenvalue weighted by molar-refractivity contribution is 0.463. The summed E-state index contributed by atoms with van der Waals surface area (Å²) in [6, 6.07) is 3.61. The van der Waals surface area contributed by atoms with Crippen molar-refractivity contribution in [1.82, 2.24) is 0 Å². The topological polar surface area (TPSA) is 32.8 Å². The lowest BCUT2D eigenvalue weighted by atomic mass is 10.1. The maximum Gasteiger partial charge on any atom is 0.211 e. The zero-order valence-electron chi connectivity index (χ0n) is 6.42. The average molecular weight is 150 g/mol. The van der Waals surface area contributed by atoms with Gasteiger partial charge in [0.2, 0.25) is 5.75 Å². The monoisotopic (exact) mass is 150 g/mol. The van der Waals surface area contributed by atoms with Crippen LogP contribution in [-0.2, 0) is 6.42 Å². The molecule has 1 N–H and O–H groups in total. The summed E-state index contributed by atoms with van der Waals surface area (Å²) in [5.41, 5.74) is 1.21. The summed E-state index contributed by atoms with van der Waals surface area (Å²) < 4.78 is 5.10. The standard InChI is InChI=1S/C9H10O2/c1-2-3-6-4-5-7(10)9-8(6)11-9/h4-5,10H,2-3H2,1H3. The number of rotatable bonds is 2. The van der Waals surface area contributed by atoms with Crippen LogP contribution in [0.3, 0.4) is 0 Å². The molecule has 1 aliphatic heterocycles. The Morgan fingerprint density at radius 2 is 2.18 bits per heavy atom. The van der Waals surface area contributed by atoms with Crippen LogP contribution in [0, 0.1) is 0 Å². The summed E-state index contributed by atoms with van der Waals surface area (Å²) in [5, 5.41) is 9.14. The highest BCUT2D eigenvalue weighted by Gasteiger charge is 2.27. The highest BCUT2D eigenvalue weighted by Crippen LogP contribution is 2.54. The van der Waals surface area contributed by atoms with E-state index in [4.69, 9.17) is 9.84 Å². The summed E-state index contributed by atoms with van der Waals surface area (Å²) in [7, 11) is 0. The molecule has 2 heteroatoms. The van der Waals surface area contributed by atoms with Crippen molar-refractivity contribution in [2.45, 2.75) is 19.8 Å². The minimum Gasteiger partial charge on any atom is -0.504 e. The van der Waals surface area contributed by atoms with Crippen LogP contribution >= 0.6 is 0 Å². The van der Waals surface area contributed by atoms with E-state index in [1.54, 1.807) is 6.07 Å². The Bertz CT molecular complexity index is 292. The van der Waals surface area contributed by atoms with E-state index in [1.807, 2.05) is 6.07 Å². The van der Waals surface area contributed by atoms with Gasteiger partial charge < -0.3 is 9.84 Å². The van der Waals surface area contributed by atoms with Gasteiger partial charge in [-0.15, -0.1) is 0 Å². The number of fused-ring (bicyclic) bond motifs is 1. The zero-order chi connectivity index (χ0) is 7.84. The van der Waals surface area contributed by atoms with Crippen molar-refractivity contribution in [2.75, 3.05) is 0 Å². The number of aryl methyl sites for hydroxylation is 1. The van der Waals surface area contributed by atoms with Gasteiger partial charge in [0.15, 0.2) is 11.5 Å². The molecule has 0 bridgehead atoms. The first kappa shape index (κ1) is 6.53. The molecule has 2 nitrogen and oxygen atoms in total. The van der Waals surface area contributed by atoms with Crippen molar-refractivity contribution < 1.29 is 9.84 Å². The normalized spacial score (nSPS) is 12.1. The Kier molecular flexibility index (Phi) is 1.28. The average Bonchev–Trinajstić information content (AvgIpc) is 2.75. The van der Waals surface area contributed by atoms with E-state index in [2.05, 4.69) is 6.92 Å². The minimum atomic E-state index is 0.264. The molecule has 0 spiro atoms. The van der Waals surface area contributed by atoms with Crippen LogP contribution < -0.4 is 4.74 Å². The summed E-state index contributed by atoms with van der Waals surface area (Å²) in [5.74, 6) is 1.84. The maximum atomic E-state index is 9.14. The van der Waals surface area contributed by atoms with Crippen LogP contribution in [0.4, 0.5) is 0 Å². The molecule has 1 aromatic rings. The molecule has 0 fully saturated rings. The lowest BCUT2D eigenvalue weighted by Crippen LogP contribution is -1.77. The fraction of sp³-hybridized carbons (Fsp3) is 0.333. The van der Waals surface area contributed by atoms with Gasteiger partial charge in [0.25, 0.3) is 0 Å². The largest absolute Gasteiger partial charge is 0.504 e. The zero-order valence-corrected chi connectivity index (χ0v) is 6.42. The van der Waals surface area contributed by atoms with Crippen LogP contribution in [0.2, 0.25) is 0 Å². The fourth-order valence-electron chi connectivity index (χ4n) is 1.25. The third-order valence-corrected chi connectivity index (χ3v) is 1.85. The molecule has 0 amide bonds. The van der Waals surface area contributed by atoms with Gasteiger partial charge in [-0.2, -0.15) is 0 Å². The predicted octanol–water partition coefficient (Wildman–Crippen LogP) is 2.45. The summed E-state index contributed by atoms with van der Waals surface area (Å²) in [6.45, 7) is 2.13. The number of phenolic OH excluding ortho intramolecular Hbond substituents is 1. The van der Waals surface area contributed by atoms with Crippen molar-refractivity contribution in [3.8, 4) is 17.2 Å². The van der Waals surface area contributed by atoms with Gasteiger partial charge in [-0.25, -0.2) is 0 Å². The Labute approximate surface area is 65.4 Å². The molecule has 2 rings (SSSR count). The molecule has 58 valence electrons. The lowest BCUT2D eigenvalue weighted by Gasteiger charge is -1.91. The van der Waals surface area contributed by atoms with Gasteiger partial charge in [0, 0.05) is 0 Å². The van der Waals surface area contributed by atoms with E-state index in [9.17, 15) is 0 Å². The van der Waals surface area contributed by atoms with Gasteiger partial charge in [0.05, 0.1) is 0 Å². The number of benzene rings is 1. The van der Waals surface area contributed by atoms with E-state index >= 15 is 0 Å². The first-order valence-electron chi connectivity index (χ1n) is 3.85. The van der Waals surface area contributed by atoms with Crippen LogP contribution in [0.25, 0.3) is 0 Å². The smallest absolute Gasteiger partial charge is 0.211 e. The quantitative estimate of drug-likeness (QED) is 0.667. The summed E-state index contributed by atoms with van der Waals surface area (Å²) >= 11 is 0. The van der Waals surface area contributed by atoms with Crippen LogP contribution in [0.15, 0.2) is 12.1 Å². The van der Waals surface area contributed by atoms with Crippen LogP contribution in [0.5, 0.6) is 17.2 Å². The molecule has 0 saturated heterocycles. The molecule has 1 aliphatic rings. The van der Waals surface area contributed by atoms with Crippen molar-refractivity contribution in [2.24, 2.45) is 0 Å². The number of hydrogen-bond acceptors (Lipinski definition) is 2. The van der Waals surface area contributed by atoms with Crippen molar-refractivity contribution >= 4 is 0 Å². The maximum absolute atomic E-state index is 9.14. The molecule has 11 heavy (non-hydrogen) atoms. The molecular formula is C9H10O2. The molecule has 0 saturated carbocycles. The second kappa shape index (κ2) is 2.16. The molecule has 0 aliphatic carbocycles. The molecular weight excluding hydrogens is 140 g/mol. The second-order valence-electron chi connectivity index (χ2n) is 2.75. The number of phenols is 1. The van der Waals surface area contributed by atoms with Gasteiger partial charge in [-0.1, -0.05) is 19.4 Å². The number of hydrogen-bond donors (Lipinski definition) is 1. The first-order chi connectivity index (χ1) is 5.33. The third-order valence-electron chi connectivity index (χ3n) is 1.85. The number of ether oxygens (including phenoxy) is 1. The van der Waals surface area contributed by atoms with Crippen LogP contribution in [0.1, 0.15) is 18.9 Å². The van der Waals surface area contributed by atoms with Crippen LogP contribution in [-0.4, -0.2) is 5.11 Å². The van der Waals surface area contributed by atoms with Crippen molar-refractivity contribution in [3.05, 3.63) is 17.7 Å². The molecule has 1 aromatic carbocycles. The number of aromatic hydroxyl groups is 1. The highest BCUT2D eigenvalue weighted by atomic mass is 16.6. The molecule has 0 unspecified atom stereocenters. The summed E-state index contributed by atoms with van der Waals surface area (Å²) in [6.07, 6.45) is 2.14. The van der Waals surface area contributed by atoms with Gasteiger partial charge in [-0.3, -0.25) is 0 Å². The minimum absolute atomic E-state index is 0.264. The Morgan fingerprint density at radius 1 is 1.36 bits per heavy atom. The first-order valence-corrected chi connectivity index (χ1v) is 3.85. The van der Waals surface area contributed by atoms with E-state index in [0.717, 1.165) is 18.6 Å². The van der Waals surface area contributed by atoms with E-state index in [1.165, 1.54) is 5.56 Å².